The number of rotatable bonds is 5. The van der Waals surface area contributed by atoms with Gasteiger partial charge in [0.1, 0.15) is 0 Å². The van der Waals surface area contributed by atoms with Crippen molar-refractivity contribution in [3.63, 3.8) is 0 Å². The van der Waals surface area contributed by atoms with Crippen LogP contribution in [0, 0.1) is 19.8 Å². The Kier molecular flexibility index (Phi) is 3.45. The number of hydrogen-bond donors (Lipinski definition) is 1. The molecule has 1 aliphatic rings. The average molecular weight is 286 g/mol. The monoisotopic (exact) mass is 286 g/mol. The van der Waals surface area contributed by atoms with Crippen molar-refractivity contribution < 1.29 is 9.90 Å². The minimum absolute atomic E-state index is 0.0630. The minimum Gasteiger partial charge on any atom is -0.481 e. The molecule has 0 amide bonds. The molecule has 0 bridgehead atoms. The van der Waals surface area contributed by atoms with E-state index in [1.165, 1.54) is 0 Å². The molecule has 1 unspecified atom stereocenters. The van der Waals surface area contributed by atoms with Crippen LogP contribution >= 0.6 is 0 Å². The first kappa shape index (κ1) is 13.7. The van der Waals surface area contributed by atoms with Gasteiger partial charge in [0.25, 0.3) is 0 Å². The number of carbonyl (C=O) groups is 1. The molecule has 1 saturated carbocycles. The van der Waals surface area contributed by atoms with E-state index in [1.807, 2.05) is 26.0 Å². The van der Waals surface area contributed by atoms with Gasteiger partial charge in [-0.15, -0.1) is 5.10 Å². The van der Waals surface area contributed by atoms with E-state index in [9.17, 15) is 4.79 Å². The predicted octanol–water partition coefficient (Wildman–Crippen LogP) is 2.38. The lowest BCUT2D eigenvalue weighted by molar-refractivity contribution is -0.138. The molecule has 1 aromatic carbocycles. The van der Waals surface area contributed by atoms with E-state index in [-0.39, 0.29) is 12.5 Å². The number of carboxylic acids is 1. The van der Waals surface area contributed by atoms with Gasteiger partial charge in [0.15, 0.2) is 5.82 Å². The third-order valence-electron chi connectivity index (χ3n) is 3.84. The highest BCUT2D eigenvalue weighted by Crippen LogP contribution is 2.42. The lowest BCUT2D eigenvalue weighted by Crippen LogP contribution is -2.18. The van der Waals surface area contributed by atoms with Gasteiger partial charge in [-0.1, -0.05) is 17.2 Å². The summed E-state index contributed by atoms with van der Waals surface area (Å²) in [7, 11) is 0. The van der Waals surface area contributed by atoms with Crippen molar-refractivity contribution in [3.05, 3.63) is 29.3 Å². The maximum absolute atomic E-state index is 11.1. The molecular weight excluding hydrogens is 268 g/mol. The summed E-state index contributed by atoms with van der Waals surface area (Å²) in [6, 6.07) is 5.99. The van der Waals surface area contributed by atoms with Gasteiger partial charge in [-0.25, -0.2) is 4.68 Å². The molecule has 0 spiro atoms. The Balaban J connectivity index is 2.01. The Morgan fingerprint density at radius 3 is 2.57 bits per heavy atom. The predicted molar refractivity (Wildman–Crippen MR) is 76.7 cm³/mol. The molecule has 110 valence electrons. The van der Waals surface area contributed by atoms with Gasteiger partial charge in [0.2, 0.25) is 0 Å². The molecule has 0 saturated heterocycles. The number of nitrogens with zero attached hydrogens (tertiary/aromatic N) is 4. The Bertz CT molecular complexity index is 656. The minimum atomic E-state index is -0.811. The summed E-state index contributed by atoms with van der Waals surface area (Å²) in [6.45, 7) is 4.06. The normalized spacial score (nSPS) is 15.9. The second-order valence-electron chi connectivity index (χ2n) is 5.83. The van der Waals surface area contributed by atoms with Crippen molar-refractivity contribution in [1.82, 2.24) is 20.2 Å². The molecule has 6 nitrogen and oxygen atoms in total. The molecular formula is C15H18N4O2. The Morgan fingerprint density at radius 2 is 2.00 bits per heavy atom. The van der Waals surface area contributed by atoms with Crippen molar-refractivity contribution in [3.8, 4) is 11.4 Å². The number of carboxylic acid groups (broad SMARTS) is 1. The highest BCUT2D eigenvalue weighted by atomic mass is 16.4. The van der Waals surface area contributed by atoms with Gasteiger partial charge in [-0.05, 0) is 55.2 Å². The van der Waals surface area contributed by atoms with Gasteiger partial charge in [0.05, 0.1) is 12.5 Å². The number of benzene rings is 1. The number of aromatic nitrogens is 4. The standard InChI is InChI=1S/C15H18N4O2/c1-9-5-10(2)7-12(6-9)15-16-17-18-19(15)13(8-14(20)21)11-3-4-11/h5-7,11,13H,3-4,8H2,1-2H3,(H,20,21). The van der Waals surface area contributed by atoms with Gasteiger partial charge in [0, 0.05) is 5.56 Å². The zero-order chi connectivity index (χ0) is 15.0. The summed E-state index contributed by atoms with van der Waals surface area (Å²) in [6.07, 6.45) is 2.15. The molecule has 0 radical (unpaired) electrons. The summed E-state index contributed by atoms with van der Waals surface area (Å²) in [4.78, 5) is 11.1. The fourth-order valence-corrected chi connectivity index (χ4v) is 2.82. The third-order valence-corrected chi connectivity index (χ3v) is 3.84. The van der Waals surface area contributed by atoms with Gasteiger partial charge < -0.3 is 5.11 Å². The largest absolute Gasteiger partial charge is 0.481 e. The van der Waals surface area contributed by atoms with Crippen LogP contribution in [-0.4, -0.2) is 31.3 Å². The maximum Gasteiger partial charge on any atom is 0.305 e. The van der Waals surface area contributed by atoms with Gasteiger partial charge in [-0.2, -0.15) is 0 Å². The average Bonchev–Trinajstić information content (AvgIpc) is 3.11. The van der Waals surface area contributed by atoms with Crippen LogP contribution in [0.1, 0.15) is 36.4 Å². The summed E-state index contributed by atoms with van der Waals surface area (Å²) in [5, 5.41) is 21.1. The van der Waals surface area contributed by atoms with Crippen LogP contribution < -0.4 is 0 Å². The summed E-state index contributed by atoms with van der Waals surface area (Å²) in [5.41, 5.74) is 3.22. The van der Waals surface area contributed by atoms with E-state index >= 15 is 0 Å². The van der Waals surface area contributed by atoms with E-state index in [0.717, 1.165) is 29.5 Å². The second kappa shape index (κ2) is 5.27. The smallest absolute Gasteiger partial charge is 0.305 e. The summed E-state index contributed by atoms with van der Waals surface area (Å²) in [5.74, 6) is 0.211. The zero-order valence-corrected chi connectivity index (χ0v) is 12.2. The highest BCUT2D eigenvalue weighted by molar-refractivity contribution is 5.67. The molecule has 21 heavy (non-hydrogen) atoms. The first-order valence-electron chi connectivity index (χ1n) is 7.13. The summed E-state index contributed by atoms with van der Waals surface area (Å²) < 4.78 is 1.69. The van der Waals surface area contributed by atoms with E-state index in [0.29, 0.717) is 11.7 Å². The summed E-state index contributed by atoms with van der Waals surface area (Å²) >= 11 is 0. The van der Waals surface area contributed by atoms with Crippen LogP contribution in [0.4, 0.5) is 0 Å². The van der Waals surface area contributed by atoms with Crippen LogP contribution in [0.15, 0.2) is 18.2 Å². The van der Waals surface area contributed by atoms with Crippen LogP contribution in [0.5, 0.6) is 0 Å². The lowest BCUT2D eigenvalue weighted by Gasteiger charge is -2.16. The van der Waals surface area contributed by atoms with Gasteiger partial charge >= 0.3 is 5.97 Å². The van der Waals surface area contributed by atoms with Crippen molar-refractivity contribution in [2.75, 3.05) is 0 Å². The lowest BCUT2D eigenvalue weighted by atomic mass is 10.1. The Hall–Kier alpha value is -2.24. The molecule has 1 atom stereocenters. The molecule has 0 aliphatic heterocycles. The molecule has 1 heterocycles. The van der Waals surface area contributed by atoms with E-state index < -0.39 is 5.97 Å². The van der Waals surface area contributed by atoms with Crippen molar-refractivity contribution >= 4 is 5.97 Å². The van der Waals surface area contributed by atoms with Crippen molar-refractivity contribution in [1.29, 1.82) is 0 Å². The molecule has 1 aromatic heterocycles. The zero-order valence-electron chi connectivity index (χ0n) is 12.2. The number of tetrazole rings is 1. The van der Waals surface area contributed by atoms with E-state index in [1.54, 1.807) is 4.68 Å². The van der Waals surface area contributed by atoms with Crippen LogP contribution in [-0.2, 0) is 4.79 Å². The van der Waals surface area contributed by atoms with E-state index in [4.69, 9.17) is 5.11 Å². The first-order chi connectivity index (χ1) is 10.0. The molecule has 1 aliphatic carbocycles. The Morgan fingerprint density at radius 1 is 1.33 bits per heavy atom. The number of hydrogen-bond acceptors (Lipinski definition) is 4. The van der Waals surface area contributed by atoms with Crippen molar-refractivity contribution in [2.45, 2.75) is 39.2 Å². The molecule has 1 fully saturated rings. The quantitative estimate of drug-likeness (QED) is 0.912. The fourth-order valence-electron chi connectivity index (χ4n) is 2.82. The third kappa shape index (κ3) is 2.94. The van der Waals surface area contributed by atoms with Crippen LogP contribution in [0.2, 0.25) is 0 Å². The second-order valence-corrected chi connectivity index (χ2v) is 5.83. The highest BCUT2D eigenvalue weighted by Gasteiger charge is 2.36. The molecule has 6 heteroatoms. The number of aliphatic carboxylic acids is 1. The van der Waals surface area contributed by atoms with Gasteiger partial charge in [-0.3, -0.25) is 4.79 Å². The fraction of sp³-hybridized carbons (Fsp3) is 0.467. The Labute approximate surface area is 122 Å². The molecule has 1 N–H and O–H groups in total. The molecule has 3 rings (SSSR count). The van der Waals surface area contributed by atoms with Crippen LogP contribution in [0.25, 0.3) is 11.4 Å². The van der Waals surface area contributed by atoms with Crippen LogP contribution in [0.3, 0.4) is 0 Å². The topological polar surface area (TPSA) is 80.9 Å². The first-order valence-corrected chi connectivity index (χ1v) is 7.13. The number of aryl methyl sites for hydroxylation is 2. The molecule has 2 aromatic rings. The van der Waals surface area contributed by atoms with E-state index in [2.05, 4.69) is 21.6 Å². The van der Waals surface area contributed by atoms with Crippen molar-refractivity contribution in [2.24, 2.45) is 5.92 Å². The maximum atomic E-state index is 11.1. The SMILES string of the molecule is Cc1cc(C)cc(-c2nnnn2C(CC(=O)O)C2CC2)c1.